The molecule has 8 aromatic rings. The maximum absolute atomic E-state index is 13.9. The molecular weight excluding hydrogens is 2080 g/mol. The van der Waals surface area contributed by atoms with Gasteiger partial charge in [0.2, 0.25) is 0 Å². The fourth-order valence-electron chi connectivity index (χ4n) is 16.1. The van der Waals surface area contributed by atoms with E-state index < -0.39 is 113 Å². The molecule has 0 saturated carbocycles. The summed E-state index contributed by atoms with van der Waals surface area (Å²) in [5.41, 5.74) is 5.22. The van der Waals surface area contributed by atoms with E-state index in [-0.39, 0.29) is 98.2 Å². The fourth-order valence-corrected chi connectivity index (χ4v) is 20.1. The first kappa shape index (κ1) is 106. The number of hydrogen-bond acceptors (Lipinski definition) is 36. The largest absolute Gasteiger partial charge is 0.481 e. The molecule has 36 nitrogen and oxygen atoms in total. The first-order valence-corrected chi connectivity index (χ1v) is 49.9. The summed E-state index contributed by atoms with van der Waals surface area (Å²) >= 11 is 25.1. The van der Waals surface area contributed by atoms with Crippen LogP contribution in [0.25, 0.3) is 0 Å². The van der Waals surface area contributed by atoms with E-state index in [9.17, 15) is 61.0 Å². The van der Waals surface area contributed by atoms with Gasteiger partial charge in [0.15, 0.2) is 43.4 Å². The van der Waals surface area contributed by atoms with Gasteiger partial charge in [-0.1, -0.05) is 79.3 Å². The number of carboxylic acids is 4. The molecule has 8 aliphatic heterocycles. The van der Waals surface area contributed by atoms with Crippen molar-refractivity contribution in [3.63, 3.8) is 0 Å². The summed E-state index contributed by atoms with van der Waals surface area (Å²) in [4.78, 5) is 142. The maximum Gasteiger partial charge on any atom is 0.338 e. The molecule has 4 aromatic carbocycles. The predicted molar refractivity (Wildman–Crippen MR) is 517 cm³/mol. The van der Waals surface area contributed by atoms with Crippen LogP contribution in [-0.4, -0.2) is 287 Å². The third-order valence-corrected chi connectivity index (χ3v) is 27.5. The lowest BCUT2D eigenvalue weighted by Crippen LogP contribution is -2.52. The van der Waals surface area contributed by atoms with Crippen LogP contribution in [0, 0.1) is 23.3 Å². The van der Waals surface area contributed by atoms with Crippen LogP contribution in [0.15, 0.2) is 193 Å². The number of morpholine rings is 4. The van der Waals surface area contributed by atoms with Crippen LogP contribution in [0.3, 0.4) is 0 Å². The first-order chi connectivity index (χ1) is 67.5. The summed E-state index contributed by atoms with van der Waals surface area (Å²) in [6, 6.07) is 12.0. The molecule has 0 radical (unpaired) electrons. The number of amidine groups is 4. The SMILES string of the molecule is CCOC(=O)C1=C(CN2CCOC(CC(=O)O)C2)NC(c2nccs2)=NC1c1ccc(F)cc1Br.CCOC(=O)C1=C(CN2CCOC(CC(=O)O)C2)NC(c2nccs2)=NC1c1ccc(F)cc1Cl.CCOC(=O)C1=C(CN2CCOCC2C(=O)O)NC(c2nccs2)=NC1c1ccc(F)cc1Br.CCOC(=O)C1=C(CN2CCOCC2CCC(=O)O)NC(c2nccs2)=NC1c1ccc(F)cc1Cl. The van der Waals surface area contributed by atoms with Crippen LogP contribution >= 0.6 is 100 Å². The summed E-state index contributed by atoms with van der Waals surface area (Å²) in [6.45, 7) is 13.3. The van der Waals surface area contributed by atoms with E-state index in [2.05, 4.69) is 78.0 Å². The van der Waals surface area contributed by atoms with Crippen molar-refractivity contribution in [3.8, 4) is 0 Å². The number of nitrogens with one attached hydrogen (secondary N) is 4. The standard InChI is InChI=1S/C24H26ClFN4O5S.C23H24BrFN4O5S.C23H24ClFN4O5S.C22H22BrFN4O5S/c1-2-35-24(33)20-18(12-30-8-9-34-13-15(30)4-6-19(31)32)28-22(23-27-7-10-36-23)29-21(20)16-5-3-14(26)11-17(16)25;2*1-2-33-23(32)19-17(12-29-6-7-34-14(11-29)10-18(30)31)27-21(22-26-5-8-35-22)28-20(19)15-4-3-13(25)9-16(15)24;1-2-33-22(31)17-15(10-28-6-7-32-11-16(28)21(29)30)26-19(20-25-5-8-34-20)27-18(17)13-4-3-12(24)9-14(13)23/h3,5,7,10-11,15,21H,2,4,6,8-9,12-13H2,1H3,(H,28,29)(H,31,32);2*3-5,8-9,14,20H,2,6-7,10-12H2,1H3,(H,27,28)(H,30,31);3-5,8-9,16,18H,2,6-7,10-11H2,1H3,(H,26,27)(H,29,30). The van der Waals surface area contributed by atoms with Gasteiger partial charge >= 0.3 is 47.8 Å². The van der Waals surface area contributed by atoms with E-state index in [1.807, 2.05) is 25.9 Å². The monoisotopic (exact) mass is 2180 g/mol. The molecule has 4 aromatic heterocycles. The van der Waals surface area contributed by atoms with E-state index >= 15 is 0 Å². The van der Waals surface area contributed by atoms with Gasteiger partial charge in [-0.2, -0.15) is 0 Å². The van der Waals surface area contributed by atoms with E-state index in [4.69, 9.17) is 96.4 Å². The van der Waals surface area contributed by atoms with Gasteiger partial charge in [-0.05, 0) is 93.8 Å². The Labute approximate surface area is 842 Å². The lowest BCUT2D eigenvalue weighted by atomic mass is 9.94. The van der Waals surface area contributed by atoms with Gasteiger partial charge in [-0.3, -0.25) is 58.7 Å². The molecule has 140 heavy (non-hydrogen) atoms. The molecule has 8 unspecified atom stereocenters. The average molecular weight is 2180 g/mol. The number of esters is 4. The second-order valence-electron chi connectivity index (χ2n) is 31.7. The van der Waals surface area contributed by atoms with E-state index in [1.54, 1.807) is 74.9 Å². The summed E-state index contributed by atoms with van der Waals surface area (Å²) in [7, 11) is 0. The highest BCUT2D eigenvalue weighted by atomic mass is 79.9. The summed E-state index contributed by atoms with van der Waals surface area (Å²) in [5, 5.41) is 60.1. The van der Waals surface area contributed by atoms with Crippen LogP contribution < -0.4 is 21.3 Å². The van der Waals surface area contributed by atoms with Crippen LogP contribution in [-0.2, 0) is 76.3 Å². The summed E-state index contributed by atoms with van der Waals surface area (Å²) < 4.78 is 99.8. The van der Waals surface area contributed by atoms with Gasteiger partial charge in [-0.15, -0.1) is 45.3 Å². The minimum Gasteiger partial charge on any atom is -0.481 e. The highest BCUT2D eigenvalue weighted by molar-refractivity contribution is 9.10. The van der Waals surface area contributed by atoms with Crippen molar-refractivity contribution >= 4 is 172 Å². The predicted octanol–water partition coefficient (Wildman–Crippen LogP) is 12.3. The molecule has 8 N–H and O–H groups in total. The molecule has 744 valence electrons. The highest BCUT2D eigenvalue weighted by Gasteiger charge is 2.43. The Morgan fingerprint density at radius 2 is 0.764 bits per heavy atom. The van der Waals surface area contributed by atoms with Gasteiger partial charge in [-0.25, -0.2) is 56.7 Å². The Kier molecular flexibility index (Phi) is 38.8. The fraction of sp³-hybridized carbons (Fsp3) is 0.391. The number of carbonyl (C=O) groups is 8. The van der Waals surface area contributed by atoms with E-state index in [1.165, 1.54) is 106 Å². The van der Waals surface area contributed by atoms with Crippen molar-refractivity contribution in [3.05, 3.63) is 249 Å². The molecular formula is C92H96Br2Cl2F4N16O20S4. The smallest absolute Gasteiger partial charge is 0.338 e. The Bertz CT molecular complexity index is 5890. The molecule has 8 aliphatic rings. The van der Waals surface area contributed by atoms with Crippen LogP contribution in [0.4, 0.5) is 17.6 Å². The molecule has 0 aliphatic carbocycles. The Balaban J connectivity index is 0.000000157. The summed E-state index contributed by atoms with van der Waals surface area (Å²) in [6.07, 6.45) is 5.86. The number of aliphatic imine (C=N–C) groups is 4. The first-order valence-electron chi connectivity index (χ1n) is 44.1. The van der Waals surface area contributed by atoms with Crippen molar-refractivity contribution in [2.75, 3.05) is 132 Å². The van der Waals surface area contributed by atoms with Crippen molar-refractivity contribution in [1.29, 1.82) is 0 Å². The molecule has 0 spiro atoms. The minimum absolute atomic E-state index is 0.00136. The van der Waals surface area contributed by atoms with Gasteiger partial charge in [0.05, 0.1) is 113 Å². The average Bonchev–Trinajstić information content (AvgIpc) is 1.26. The molecule has 0 bridgehead atoms. The second-order valence-corrected chi connectivity index (χ2v) is 37.8. The summed E-state index contributed by atoms with van der Waals surface area (Å²) in [5.74, 6) is -6.07. The molecule has 4 saturated heterocycles. The third-order valence-electron chi connectivity index (χ3n) is 22.4. The highest BCUT2D eigenvalue weighted by Crippen LogP contribution is 2.43. The topological polar surface area (TPSA) is 453 Å². The van der Waals surface area contributed by atoms with Crippen molar-refractivity contribution in [2.24, 2.45) is 20.0 Å². The van der Waals surface area contributed by atoms with E-state index in [0.717, 1.165) is 0 Å². The number of hydrogen-bond donors (Lipinski definition) is 8. The number of nitrogens with zero attached hydrogens (tertiary/aromatic N) is 12. The zero-order chi connectivity index (χ0) is 99.8. The van der Waals surface area contributed by atoms with Gasteiger partial charge < -0.3 is 79.6 Å². The number of halogens is 8. The molecule has 12 heterocycles. The normalized spacial score (nSPS) is 20.8. The lowest BCUT2D eigenvalue weighted by molar-refractivity contribution is -0.149. The number of benzene rings is 4. The Morgan fingerprint density at radius 1 is 0.436 bits per heavy atom. The third kappa shape index (κ3) is 28.0. The molecule has 8 atom stereocenters. The van der Waals surface area contributed by atoms with E-state index in [0.29, 0.717) is 195 Å². The second kappa shape index (κ2) is 51.1. The van der Waals surface area contributed by atoms with Crippen molar-refractivity contribution < 1.29 is 114 Å². The van der Waals surface area contributed by atoms with Crippen LogP contribution in [0.5, 0.6) is 0 Å². The maximum atomic E-state index is 13.9. The van der Waals surface area contributed by atoms with Crippen LogP contribution in [0.2, 0.25) is 10.0 Å². The number of carboxylic acid groups (broad SMARTS) is 4. The number of rotatable bonds is 32. The van der Waals surface area contributed by atoms with Crippen molar-refractivity contribution in [2.45, 2.75) is 102 Å². The Hall–Kier alpha value is -11.1. The zero-order valence-corrected chi connectivity index (χ0v) is 83.4. The van der Waals surface area contributed by atoms with Crippen molar-refractivity contribution in [1.82, 2.24) is 60.8 Å². The number of aliphatic carboxylic acids is 4. The molecule has 16 rings (SSSR count). The molecule has 48 heteroatoms. The number of carbonyl (C=O) groups excluding carboxylic acids is 4. The zero-order valence-electron chi connectivity index (χ0n) is 75.5. The molecule has 0 amide bonds. The van der Waals surface area contributed by atoms with Gasteiger partial charge in [0.1, 0.15) is 53.5 Å². The van der Waals surface area contributed by atoms with Gasteiger partial charge in [0.25, 0.3) is 0 Å². The minimum atomic E-state index is -1.01. The quantitative estimate of drug-likeness (QED) is 0.0110. The number of thiazole rings is 4. The number of ether oxygens (including phenoxy) is 8. The lowest BCUT2D eigenvalue weighted by Gasteiger charge is -2.37. The van der Waals surface area contributed by atoms with Crippen LogP contribution in [0.1, 0.15) is 120 Å². The number of aromatic nitrogens is 4. The van der Waals surface area contributed by atoms with Gasteiger partial charge in [0, 0.05) is 177 Å². The molecule has 4 fully saturated rings. The Morgan fingerprint density at radius 3 is 1.09 bits per heavy atom.